The second kappa shape index (κ2) is 7.43. The molecule has 3 aromatic rings. The molecule has 1 aliphatic rings. The molecule has 0 atom stereocenters. The van der Waals surface area contributed by atoms with E-state index in [0.29, 0.717) is 16.0 Å². The van der Waals surface area contributed by atoms with Crippen LogP contribution in [0.3, 0.4) is 0 Å². The number of thiophene rings is 1. The molecule has 0 aliphatic carbocycles. The molecule has 1 aromatic carbocycles. The molecule has 0 radical (unpaired) electrons. The number of H-pyrrole nitrogens is 1. The fraction of sp³-hybridized carbons (Fsp3) is 0.300. The van der Waals surface area contributed by atoms with E-state index in [1.165, 1.54) is 24.1 Å². The van der Waals surface area contributed by atoms with E-state index in [4.69, 9.17) is 0 Å². The van der Waals surface area contributed by atoms with E-state index < -0.39 is 0 Å². The van der Waals surface area contributed by atoms with Crippen LogP contribution in [0.5, 0.6) is 0 Å². The van der Waals surface area contributed by atoms with E-state index >= 15 is 0 Å². The summed E-state index contributed by atoms with van der Waals surface area (Å²) < 4.78 is 0. The SMILES string of the molecule is O=C(Nc1ccc2c(=O)[nH]ccc2c1)c1ccc(CN2CCCCC2)s1. The molecule has 2 aromatic heterocycles. The van der Waals surface area contributed by atoms with Crippen molar-refractivity contribution in [1.82, 2.24) is 9.88 Å². The number of piperidine rings is 1. The van der Waals surface area contributed by atoms with Crippen molar-refractivity contribution in [3.8, 4) is 0 Å². The van der Waals surface area contributed by atoms with Gasteiger partial charge in [0.15, 0.2) is 0 Å². The van der Waals surface area contributed by atoms with Crippen LogP contribution in [0.15, 0.2) is 47.4 Å². The first-order valence-corrected chi connectivity index (χ1v) is 9.74. The van der Waals surface area contributed by atoms with Gasteiger partial charge >= 0.3 is 0 Å². The highest BCUT2D eigenvalue weighted by Crippen LogP contribution is 2.22. The van der Waals surface area contributed by atoms with E-state index in [0.717, 1.165) is 25.0 Å². The number of nitrogens with zero attached hydrogens (tertiary/aromatic N) is 1. The molecule has 3 heterocycles. The number of carbonyl (C=O) groups is 1. The van der Waals surface area contributed by atoms with Crippen LogP contribution in [0.25, 0.3) is 10.8 Å². The van der Waals surface area contributed by atoms with Gasteiger partial charge in [0.25, 0.3) is 11.5 Å². The quantitative estimate of drug-likeness (QED) is 0.737. The summed E-state index contributed by atoms with van der Waals surface area (Å²) in [7, 11) is 0. The lowest BCUT2D eigenvalue weighted by Crippen LogP contribution is -2.28. The zero-order valence-corrected chi connectivity index (χ0v) is 15.3. The van der Waals surface area contributed by atoms with Crippen LogP contribution in [-0.4, -0.2) is 28.9 Å². The van der Waals surface area contributed by atoms with Gasteiger partial charge in [-0.15, -0.1) is 11.3 Å². The highest BCUT2D eigenvalue weighted by atomic mass is 32.1. The number of hydrogen-bond donors (Lipinski definition) is 2. The normalized spacial score (nSPS) is 15.2. The zero-order chi connectivity index (χ0) is 17.9. The Morgan fingerprint density at radius 1 is 1.12 bits per heavy atom. The minimum Gasteiger partial charge on any atom is -0.329 e. The number of amides is 1. The third-order valence-corrected chi connectivity index (χ3v) is 5.81. The fourth-order valence-corrected chi connectivity index (χ4v) is 4.33. The first-order valence-electron chi connectivity index (χ1n) is 8.93. The summed E-state index contributed by atoms with van der Waals surface area (Å²) >= 11 is 1.55. The molecular weight excluding hydrogens is 346 g/mol. The molecule has 0 unspecified atom stereocenters. The molecule has 1 fully saturated rings. The molecule has 1 amide bonds. The van der Waals surface area contributed by atoms with Crippen LogP contribution < -0.4 is 10.9 Å². The van der Waals surface area contributed by atoms with Gasteiger partial charge in [0.1, 0.15) is 0 Å². The number of nitrogens with one attached hydrogen (secondary N) is 2. The lowest BCUT2D eigenvalue weighted by Gasteiger charge is -2.25. The lowest BCUT2D eigenvalue weighted by molar-refractivity contribution is 0.103. The molecule has 1 aliphatic heterocycles. The van der Waals surface area contributed by atoms with Crippen LogP contribution in [0, 0.1) is 0 Å². The number of hydrogen-bond acceptors (Lipinski definition) is 4. The summed E-state index contributed by atoms with van der Waals surface area (Å²) in [5.41, 5.74) is 0.570. The number of likely N-dealkylation sites (tertiary alicyclic amines) is 1. The monoisotopic (exact) mass is 367 g/mol. The minimum atomic E-state index is -0.124. The van der Waals surface area contributed by atoms with Gasteiger partial charge in [0, 0.05) is 28.7 Å². The summed E-state index contributed by atoms with van der Waals surface area (Å²) in [6, 6.07) is 11.1. The predicted molar refractivity (Wildman–Crippen MR) is 106 cm³/mol. The molecular formula is C20H21N3O2S. The molecule has 5 nitrogen and oxygen atoms in total. The topological polar surface area (TPSA) is 65.2 Å². The predicted octanol–water partition coefficient (Wildman–Crippen LogP) is 3.83. The average Bonchev–Trinajstić information content (AvgIpc) is 3.11. The number of aromatic nitrogens is 1. The number of rotatable bonds is 4. The van der Waals surface area contributed by atoms with E-state index in [1.54, 1.807) is 29.7 Å². The van der Waals surface area contributed by atoms with Crippen molar-refractivity contribution in [3.05, 3.63) is 62.7 Å². The van der Waals surface area contributed by atoms with Gasteiger partial charge in [0.2, 0.25) is 0 Å². The number of carbonyl (C=O) groups excluding carboxylic acids is 1. The molecule has 4 rings (SSSR count). The molecule has 0 spiro atoms. The molecule has 26 heavy (non-hydrogen) atoms. The van der Waals surface area contributed by atoms with E-state index in [1.807, 2.05) is 24.3 Å². The fourth-order valence-electron chi connectivity index (χ4n) is 3.39. The third-order valence-electron chi connectivity index (χ3n) is 4.74. The Hall–Kier alpha value is -2.44. The van der Waals surface area contributed by atoms with E-state index in [9.17, 15) is 9.59 Å². The average molecular weight is 367 g/mol. The number of benzene rings is 1. The summed E-state index contributed by atoms with van der Waals surface area (Å²) in [6.45, 7) is 3.22. The van der Waals surface area contributed by atoms with E-state index in [2.05, 4.69) is 15.2 Å². The molecule has 134 valence electrons. The van der Waals surface area contributed by atoms with Gasteiger partial charge < -0.3 is 10.3 Å². The van der Waals surface area contributed by atoms with Gasteiger partial charge in [-0.25, -0.2) is 0 Å². The number of aromatic amines is 1. The van der Waals surface area contributed by atoms with Crippen LogP contribution in [0.2, 0.25) is 0 Å². The first kappa shape index (κ1) is 17.0. The third kappa shape index (κ3) is 3.71. The van der Waals surface area contributed by atoms with Crippen molar-refractivity contribution in [1.29, 1.82) is 0 Å². The van der Waals surface area contributed by atoms with Crippen LogP contribution in [0.1, 0.15) is 33.8 Å². The molecule has 0 bridgehead atoms. The smallest absolute Gasteiger partial charge is 0.265 e. The van der Waals surface area contributed by atoms with Crippen molar-refractivity contribution < 1.29 is 4.79 Å². The Labute approximate surface area is 155 Å². The highest BCUT2D eigenvalue weighted by Gasteiger charge is 2.14. The van der Waals surface area contributed by atoms with Gasteiger partial charge in [-0.1, -0.05) is 6.42 Å². The Morgan fingerprint density at radius 2 is 1.96 bits per heavy atom. The van der Waals surface area contributed by atoms with Crippen molar-refractivity contribution >= 4 is 33.7 Å². The number of pyridine rings is 1. The molecule has 6 heteroatoms. The summed E-state index contributed by atoms with van der Waals surface area (Å²) in [6.07, 6.45) is 5.47. The van der Waals surface area contributed by atoms with Crippen molar-refractivity contribution in [2.75, 3.05) is 18.4 Å². The highest BCUT2D eigenvalue weighted by molar-refractivity contribution is 7.14. The molecule has 1 saturated heterocycles. The summed E-state index contributed by atoms with van der Waals surface area (Å²) in [4.78, 5) is 31.3. The maximum atomic E-state index is 12.5. The van der Waals surface area contributed by atoms with Crippen molar-refractivity contribution in [3.63, 3.8) is 0 Å². The van der Waals surface area contributed by atoms with Gasteiger partial charge in [-0.2, -0.15) is 0 Å². The summed E-state index contributed by atoms with van der Waals surface area (Å²) in [5, 5.41) is 4.36. The largest absolute Gasteiger partial charge is 0.329 e. The maximum absolute atomic E-state index is 12.5. The standard InChI is InChI=1S/C20H21N3O2S/c24-19-17-6-4-15(12-14(17)8-9-21-19)22-20(25)18-7-5-16(26-18)13-23-10-2-1-3-11-23/h4-9,12H,1-3,10-11,13H2,(H,21,24)(H,22,25). The molecule has 2 N–H and O–H groups in total. The van der Waals surface area contributed by atoms with Crippen LogP contribution in [-0.2, 0) is 6.54 Å². The second-order valence-electron chi connectivity index (χ2n) is 6.67. The second-order valence-corrected chi connectivity index (χ2v) is 7.83. The Kier molecular flexibility index (Phi) is 4.86. The Bertz CT molecular complexity index is 986. The maximum Gasteiger partial charge on any atom is 0.265 e. The van der Waals surface area contributed by atoms with Crippen molar-refractivity contribution in [2.45, 2.75) is 25.8 Å². The van der Waals surface area contributed by atoms with Gasteiger partial charge in [-0.3, -0.25) is 14.5 Å². The number of fused-ring (bicyclic) bond motifs is 1. The first-order chi connectivity index (χ1) is 12.7. The summed E-state index contributed by atoms with van der Waals surface area (Å²) in [5.74, 6) is -0.107. The van der Waals surface area contributed by atoms with Crippen LogP contribution in [0.4, 0.5) is 5.69 Å². The Balaban J connectivity index is 1.45. The number of anilines is 1. The van der Waals surface area contributed by atoms with Crippen molar-refractivity contribution in [2.24, 2.45) is 0 Å². The Morgan fingerprint density at radius 3 is 2.81 bits per heavy atom. The zero-order valence-electron chi connectivity index (χ0n) is 14.5. The molecule has 0 saturated carbocycles. The van der Waals surface area contributed by atoms with Gasteiger partial charge in [0.05, 0.1) is 4.88 Å². The van der Waals surface area contributed by atoms with Crippen LogP contribution >= 0.6 is 11.3 Å². The van der Waals surface area contributed by atoms with Gasteiger partial charge in [-0.05, 0) is 67.7 Å². The van der Waals surface area contributed by atoms with E-state index in [-0.39, 0.29) is 11.5 Å². The lowest BCUT2D eigenvalue weighted by atomic mass is 10.1. The minimum absolute atomic E-state index is 0.107.